The molecule has 0 N–H and O–H groups in total. The van der Waals surface area contributed by atoms with Crippen molar-refractivity contribution in [2.24, 2.45) is 0 Å². The lowest BCUT2D eigenvalue weighted by molar-refractivity contribution is -0.360. The summed E-state index contributed by atoms with van der Waals surface area (Å²) >= 11 is 0. The van der Waals surface area contributed by atoms with Crippen molar-refractivity contribution < 1.29 is 9.15 Å². The van der Waals surface area contributed by atoms with E-state index in [2.05, 4.69) is 70.4 Å². The molecule has 1 aromatic carbocycles. The highest BCUT2D eigenvalue weighted by atomic mass is 15.0. The zero-order valence-corrected chi connectivity index (χ0v) is 9.08. The van der Waals surface area contributed by atoms with Crippen molar-refractivity contribution in [3.63, 3.8) is 0 Å². The first-order valence-corrected chi connectivity index (χ1v) is 5.60. The summed E-state index contributed by atoms with van der Waals surface area (Å²) in [6.07, 6.45) is 15.0. The number of nitrogens with zero attached hydrogens (tertiary/aromatic N) is 2. The van der Waals surface area contributed by atoms with Gasteiger partial charge in [0.1, 0.15) is 0 Å². The minimum absolute atomic E-state index is 1.03. The summed E-state index contributed by atoms with van der Waals surface area (Å²) in [6.45, 7) is 0. The lowest BCUT2D eigenvalue weighted by Crippen LogP contribution is -1.96. The van der Waals surface area contributed by atoms with Gasteiger partial charge in [-0.25, -0.2) is 0 Å². The Hall–Kier alpha value is -1.96. The Morgan fingerprint density at radius 2 is 1.38 bits per heavy atom. The zero-order valence-electron chi connectivity index (χ0n) is 9.08. The highest BCUT2D eigenvalue weighted by Gasteiger charge is 2.15. The van der Waals surface area contributed by atoms with E-state index in [4.69, 9.17) is 0 Å². The second-order valence-corrected chi connectivity index (χ2v) is 3.94. The number of hydrogen-bond acceptors (Lipinski definition) is 0. The number of allylic oxidation sites excluding steroid dienone is 2. The van der Waals surface area contributed by atoms with Crippen molar-refractivity contribution >= 4 is 23.8 Å². The first-order valence-electron chi connectivity index (χ1n) is 5.60. The Morgan fingerprint density at radius 1 is 0.812 bits per heavy atom. The van der Waals surface area contributed by atoms with Crippen LogP contribution in [0.3, 0.4) is 0 Å². The highest BCUT2D eigenvalue weighted by Crippen LogP contribution is 2.22. The van der Waals surface area contributed by atoms with Crippen molar-refractivity contribution in [1.82, 2.24) is 0 Å². The summed E-state index contributed by atoms with van der Waals surface area (Å²) in [4.78, 5) is 0. The molecule has 0 unspecified atom stereocenters. The highest BCUT2D eigenvalue weighted by molar-refractivity contribution is 5.61. The number of hydrogen-bond donors (Lipinski definition) is 0. The van der Waals surface area contributed by atoms with Gasteiger partial charge in [0.05, 0.1) is 6.07 Å². The van der Waals surface area contributed by atoms with E-state index in [1.54, 1.807) is 0 Å². The molecule has 0 aliphatic carbocycles. The molecule has 1 aromatic rings. The van der Waals surface area contributed by atoms with Gasteiger partial charge in [0, 0.05) is 25.0 Å². The molecule has 2 aliphatic heterocycles. The van der Waals surface area contributed by atoms with E-state index in [1.165, 1.54) is 11.4 Å². The van der Waals surface area contributed by atoms with E-state index in [-0.39, 0.29) is 0 Å². The van der Waals surface area contributed by atoms with Gasteiger partial charge in [-0.3, -0.25) is 0 Å². The fraction of sp³-hybridized carbons (Fsp3) is 0.143. The summed E-state index contributed by atoms with van der Waals surface area (Å²) in [6, 6.07) is 8.58. The summed E-state index contributed by atoms with van der Waals surface area (Å²) in [5.74, 6) is 0. The van der Waals surface area contributed by atoms with Gasteiger partial charge in [-0.05, 0) is 18.2 Å². The standard InChI is InChI=1S/C14H14N2/c1-2-9-15(8-1)13-6-5-7-14(12-13)16-10-3-4-11-16/h1,3,5-12H,2,4H2/q+2. The van der Waals surface area contributed by atoms with Crippen molar-refractivity contribution in [1.29, 1.82) is 0 Å². The maximum absolute atomic E-state index is 2.21. The maximum Gasteiger partial charge on any atom is 0.216 e. The van der Waals surface area contributed by atoms with Crippen LogP contribution in [0.2, 0.25) is 0 Å². The monoisotopic (exact) mass is 210 g/mol. The smallest absolute Gasteiger partial charge is 0.171 e. The van der Waals surface area contributed by atoms with Crippen LogP contribution >= 0.6 is 0 Å². The van der Waals surface area contributed by atoms with Crippen LogP contribution in [0.15, 0.2) is 48.8 Å². The molecule has 0 bridgehead atoms. The molecule has 0 amide bonds. The minimum Gasteiger partial charge on any atom is -0.171 e. The van der Waals surface area contributed by atoms with Crippen molar-refractivity contribution in [3.8, 4) is 0 Å². The second-order valence-electron chi connectivity index (χ2n) is 3.94. The van der Waals surface area contributed by atoms with Gasteiger partial charge < -0.3 is 0 Å². The van der Waals surface area contributed by atoms with Crippen LogP contribution in [0.1, 0.15) is 12.8 Å². The Bertz CT molecular complexity index is 488. The van der Waals surface area contributed by atoms with Crippen molar-refractivity contribution in [2.75, 3.05) is 0 Å². The zero-order chi connectivity index (χ0) is 10.8. The molecular formula is C14H14N2+2. The molecule has 0 spiro atoms. The molecule has 0 fully saturated rings. The molecule has 0 atom stereocenters. The minimum atomic E-state index is 1.03. The first-order chi connectivity index (χ1) is 7.93. The number of rotatable bonds is 2. The lowest BCUT2D eigenvalue weighted by Gasteiger charge is -1.96. The Kier molecular flexibility index (Phi) is 2.26. The van der Waals surface area contributed by atoms with E-state index in [1.807, 2.05) is 0 Å². The van der Waals surface area contributed by atoms with Crippen LogP contribution < -0.4 is 0 Å². The molecule has 2 nitrogen and oxygen atoms in total. The average molecular weight is 210 g/mol. The van der Waals surface area contributed by atoms with E-state index < -0.39 is 0 Å². The first kappa shape index (κ1) is 9.28. The molecule has 0 radical (unpaired) electrons. The molecule has 78 valence electrons. The van der Waals surface area contributed by atoms with Crippen molar-refractivity contribution in [2.45, 2.75) is 12.8 Å². The largest absolute Gasteiger partial charge is 0.216 e. The third-order valence-electron chi connectivity index (χ3n) is 2.83. The second kappa shape index (κ2) is 3.89. The van der Waals surface area contributed by atoms with Crippen LogP contribution in [0.5, 0.6) is 0 Å². The summed E-state index contributed by atoms with van der Waals surface area (Å²) in [7, 11) is 0. The SMILES string of the molecule is C1=C[N+](c2cccc([N+]3=CCC=C3)c2)=CC1. The lowest BCUT2D eigenvalue weighted by atomic mass is 10.2. The predicted octanol–water partition coefficient (Wildman–Crippen LogP) is 2.95. The predicted molar refractivity (Wildman–Crippen MR) is 65.9 cm³/mol. The van der Waals surface area contributed by atoms with Gasteiger partial charge in [-0.1, -0.05) is 0 Å². The van der Waals surface area contributed by atoms with Gasteiger partial charge in [0.2, 0.25) is 11.4 Å². The van der Waals surface area contributed by atoms with Gasteiger partial charge in [-0.2, -0.15) is 9.15 Å². The Labute approximate surface area is 95.2 Å². The number of benzene rings is 1. The van der Waals surface area contributed by atoms with Gasteiger partial charge >= 0.3 is 0 Å². The topological polar surface area (TPSA) is 6.02 Å². The van der Waals surface area contributed by atoms with E-state index >= 15 is 0 Å². The van der Waals surface area contributed by atoms with Crippen molar-refractivity contribution in [3.05, 3.63) is 48.8 Å². The molecular weight excluding hydrogens is 196 g/mol. The van der Waals surface area contributed by atoms with Gasteiger partial charge in [0.25, 0.3) is 0 Å². The molecule has 2 heterocycles. The van der Waals surface area contributed by atoms with Crippen LogP contribution in [-0.4, -0.2) is 21.6 Å². The molecule has 3 rings (SSSR count). The fourth-order valence-electron chi connectivity index (χ4n) is 2.02. The third kappa shape index (κ3) is 1.63. The van der Waals surface area contributed by atoms with E-state index in [9.17, 15) is 0 Å². The quantitative estimate of drug-likeness (QED) is 0.662. The molecule has 2 heteroatoms. The van der Waals surface area contributed by atoms with Crippen LogP contribution in [0.25, 0.3) is 0 Å². The van der Waals surface area contributed by atoms with Crippen LogP contribution in [-0.2, 0) is 0 Å². The molecule has 0 aromatic heterocycles. The van der Waals surface area contributed by atoms with E-state index in [0.717, 1.165) is 12.8 Å². The van der Waals surface area contributed by atoms with E-state index in [0.29, 0.717) is 0 Å². The summed E-state index contributed by atoms with van der Waals surface area (Å²) in [5.41, 5.74) is 2.44. The van der Waals surface area contributed by atoms with Gasteiger partial charge in [-0.15, -0.1) is 0 Å². The van der Waals surface area contributed by atoms with Crippen LogP contribution in [0, 0.1) is 0 Å². The molecule has 16 heavy (non-hydrogen) atoms. The molecule has 2 aliphatic rings. The molecule has 0 saturated carbocycles. The molecule has 0 saturated heterocycles. The average Bonchev–Trinajstić information content (AvgIpc) is 3.03. The Morgan fingerprint density at radius 3 is 1.81 bits per heavy atom. The maximum atomic E-state index is 2.21. The van der Waals surface area contributed by atoms with Gasteiger partial charge in [0.15, 0.2) is 24.8 Å². The van der Waals surface area contributed by atoms with Crippen LogP contribution in [0.4, 0.5) is 11.4 Å². The third-order valence-corrected chi connectivity index (χ3v) is 2.83. The Balaban J connectivity index is 1.99. The normalized spacial score (nSPS) is 17.8. The summed E-state index contributed by atoms with van der Waals surface area (Å²) < 4.78 is 4.34. The summed E-state index contributed by atoms with van der Waals surface area (Å²) in [5, 5.41) is 0. The fourth-order valence-corrected chi connectivity index (χ4v) is 2.02.